The standard InChI is InChI=1S/C24H25N2O.C24H27N2O.2C23H25N2O.C22H23N2O/c1-15-12-13-26(3)21(14-15)22-16(2)8-9-18-19-10-11-20(17-6-4-5-7-17)25-24(19)27-23(18)22;1-15-11-12-26(6)20(13-15)21-16(2)7-9-18-19-10-8-17(14-24(3,4)5)25-23(19)27-22(18)21;1-14-11-12-25(6)18(13-14)20-15(2)7-8-16-17-9-10-19(23(3,4)5)24-22(17)26-21(16)20;1-14(2)12-17-7-9-19-18-8-6-16(4)21(22(18)26-23(19)24-17)20-13-15(3)10-11-25(20)5;1-13(2)18-9-8-17-16-7-6-15(4)20(21(16)25-22(17)23-18)19-12-14(3)10-11-24(19)5/h8-14,17H,4-7H2,1-3H3;7-13H,14H2,1-6H3;7-13H,1-6H3;6-11,13-14H,12H2,1-5H3;6-13H,1-5H3/q5*+1. The zero-order valence-electron chi connectivity index (χ0n) is 81.2. The van der Waals surface area contributed by atoms with E-state index in [2.05, 4.69) is 410 Å². The molecule has 1 aliphatic carbocycles. The smallest absolute Gasteiger partial charge is 0.227 e. The van der Waals surface area contributed by atoms with Crippen molar-refractivity contribution >= 4 is 110 Å². The Balaban J connectivity index is 0.000000115. The fourth-order valence-corrected chi connectivity index (χ4v) is 18.8. The third-order valence-electron chi connectivity index (χ3n) is 26.0. The maximum atomic E-state index is 6.39. The maximum Gasteiger partial charge on any atom is 0.227 e. The van der Waals surface area contributed by atoms with Crippen molar-refractivity contribution in [1.29, 1.82) is 0 Å². The molecule has 0 bridgehead atoms. The highest BCUT2D eigenvalue weighted by Gasteiger charge is 2.30. The van der Waals surface area contributed by atoms with Crippen molar-refractivity contribution in [2.24, 2.45) is 46.6 Å². The lowest BCUT2D eigenvalue weighted by atomic mass is 9.90. The number of pyridine rings is 10. The molecule has 5 aromatic carbocycles. The molecule has 1 saturated carbocycles. The zero-order chi connectivity index (χ0) is 92.7. The van der Waals surface area contributed by atoms with Gasteiger partial charge < -0.3 is 22.1 Å². The number of nitrogens with zero attached hydrogens (tertiary/aromatic N) is 10. The molecule has 0 unspecified atom stereocenters. The highest BCUT2D eigenvalue weighted by atomic mass is 16.4. The average molecular weight is 1740 g/mol. The van der Waals surface area contributed by atoms with Crippen LogP contribution in [-0.2, 0) is 53.5 Å². The largest absolute Gasteiger partial charge is 0.437 e. The van der Waals surface area contributed by atoms with E-state index in [1.807, 2.05) is 0 Å². The minimum Gasteiger partial charge on any atom is -0.437 e. The lowest BCUT2D eigenvalue weighted by molar-refractivity contribution is -0.660. The summed E-state index contributed by atoms with van der Waals surface area (Å²) in [5.41, 5.74) is 37.8. The van der Waals surface area contributed by atoms with Gasteiger partial charge in [-0.05, 0) is 228 Å². The summed E-state index contributed by atoms with van der Waals surface area (Å²) in [5.74, 6) is 1.56. The molecule has 0 radical (unpaired) electrons. The molecular weight excluding hydrogens is 1610 g/mol. The maximum absolute atomic E-state index is 6.39. The van der Waals surface area contributed by atoms with Crippen molar-refractivity contribution in [2.75, 3.05) is 0 Å². The monoisotopic (exact) mass is 1740 g/mol. The van der Waals surface area contributed by atoms with Gasteiger partial charge in [-0.1, -0.05) is 143 Å². The van der Waals surface area contributed by atoms with Gasteiger partial charge in [0.2, 0.25) is 57.0 Å². The van der Waals surface area contributed by atoms with Gasteiger partial charge in [0.15, 0.2) is 58.9 Å². The van der Waals surface area contributed by atoms with Crippen molar-refractivity contribution in [1.82, 2.24) is 24.9 Å². The third-order valence-corrected chi connectivity index (χ3v) is 26.0. The van der Waals surface area contributed by atoms with Crippen LogP contribution in [0.5, 0.6) is 0 Å². The number of fused-ring (bicyclic) bond motifs is 15. The molecule has 0 atom stereocenters. The molecule has 15 nitrogen and oxygen atoms in total. The van der Waals surface area contributed by atoms with Crippen molar-refractivity contribution in [3.05, 3.63) is 297 Å². The normalized spacial score (nSPS) is 12.7. The lowest BCUT2D eigenvalue weighted by Crippen LogP contribution is -2.30. The number of furan rings is 5. The summed E-state index contributed by atoms with van der Waals surface area (Å²) in [7, 11) is 10.4. The van der Waals surface area contributed by atoms with Crippen LogP contribution in [0.3, 0.4) is 0 Å². The first kappa shape index (κ1) is 89.6. The minimum atomic E-state index is -0.00507. The Bertz CT molecular complexity index is 7840. The Morgan fingerprint density at radius 3 is 0.916 bits per heavy atom. The van der Waals surface area contributed by atoms with E-state index in [0.29, 0.717) is 17.8 Å². The molecule has 0 aliphatic heterocycles. The molecule has 20 aromatic rings. The van der Waals surface area contributed by atoms with Crippen LogP contribution in [0.1, 0.15) is 191 Å². The Labute approximate surface area is 769 Å². The van der Waals surface area contributed by atoms with Crippen LogP contribution in [0.2, 0.25) is 0 Å². The van der Waals surface area contributed by atoms with Gasteiger partial charge in [0, 0.05) is 154 Å². The fraction of sp³-hybridized carbons (Fsp3) is 0.310. The first-order valence-electron chi connectivity index (χ1n) is 46.4. The zero-order valence-corrected chi connectivity index (χ0v) is 81.2. The van der Waals surface area contributed by atoms with Gasteiger partial charge in [-0.3, -0.25) is 0 Å². The molecule has 0 N–H and O–H groups in total. The number of hydrogen-bond donors (Lipinski definition) is 0. The van der Waals surface area contributed by atoms with Crippen molar-refractivity contribution in [3.63, 3.8) is 0 Å². The van der Waals surface area contributed by atoms with Crippen LogP contribution < -0.4 is 22.8 Å². The molecule has 15 heterocycles. The van der Waals surface area contributed by atoms with Crippen LogP contribution in [0, 0.1) is 80.6 Å². The minimum absolute atomic E-state index is 0.00507. The second kappa shape index (κ2) is 35.8. The molecule has 0 saturated heterocycles. The van der Waals surface area contributed by atoms with Crippen LogP contribution >= 0.6 is 0 Å². The predicted molar refractivity (Wildman–Crippen MR) is 534 cm³/mol. The molecule has 0 spiro atoms. The fourth-order valence-electron chi connectivity index (χ4n) is 18.8. The summed E-state index contributed by atoms with van der Waals surface area (Å²) in [6.45, 7) is 43.3. The van der Waals surface area contributed by atoms with Gasteiger partial charge in [0.05, 0.1) is 27.8 Å². The van der Waals surface area contributed by atoms with E-state index >= 15 is 0 Å². The predicted octanol–water partition coefficient (Wildman–Crippen LogP) is 27.3. The lowest BCUT2D eigenvalue weighted by Gasteiger charge is -2.16. The highest BCUT2D eigenvalue weighted by molar-refractivity contribution is 6.13. The van der Waals surface area contributed by atoms with Crippen molar-refractivity contribution < 1.29 is 44.9 Å². The number of aromatic nitrogens is 10. The van der Waals surface area contributed by atoms with E-state index in [0.717, 1.165) is 191 Å². The topological polar surface area (TPSA) is 150 Å². The summed E-state index contributed by atoms with van der Waals surface area (Å²) in [6, 6.07) is 64.9. The molecule has 131 heavy (non-hydrogen) atoms. The van der Waals surface area contributed by atoms with Crippen LogP contribution in [0.15, 0.2) is 235 Å². The molecule has 15 aromatic heterocycles. The molecule has 0 amide bonds. The number of hydrogen-bond acceptors (Lipinski definition) is 10. The van der Waals surface area contributed by atoms with Crippen LogP contribution in [0.4, 0.5) is 0 Å². The summed E-state index contributed by atoms with van der Waals surface area (Å²) in [4.78, 5) is 24.1. The van der Waals surface area contributed by atoms with Gasteiger partial charge in [0.25, 0.3) is 0 Å². The molecule has 15 heteroatoms. The van der Waals surface area contributed by atoms with E-state index < -0.39 is 0 Å². The van der Waals surface area contributed by atoms with Gasteiger partial charge in [0.1, 0.15) is 35.2 Å². The Morgan fingerprint density at radius 2 is 0.595 bits per heavy atom. The van der Waals surface area contributed by atoms with E-state index in [-0.39, 0.29) is 10.8 Å². The van der Waals surface area contributed by atoms with Crippen LogP contribution in [0.25, 0.3) is 167 Å². The number of rotatable bonds is 10. The van der Waals surface area contributed by atoms with Crippen LogP contribution in [-0.4, -0.2) is 24.9 Å². The van der Waals surface area contributed by atoms with Gasteiger partial charge in [-0.2, -0.15) is 0 Å². The van der Waals surface area contributed by atoms with E-state index in [4.69, 9.17) is 47.0 Å². The molecule has 1 aliphatic rings. The second-order valence-corrected chi connectivity index (χ2v) is 39.9. The summed E-state index contributed by atoms with van der Waals surface area (Å²) in [5, 5.41) is 11.1. The SMILES string of the molecule is Cc1cc[n+](C)c(-c2c(C)ccc3c2oc2nc(C(C)(C)C)ccc23)c1.Cc1cc[n+](C)c(-c2c(C)ccc3c2oc2nc(C(C)C)ccc23)c1.Cc1cc[n+](C)c(-c2c(C)ccc3c2oc2nc(C4CCCC4)ccc23)c1.Cc1cc[n+](C)c(-c2c(C)ccc3c2oc2nc(CC(C)(C)C)ccc23)c1.Cc1cc[n+](C)c(-c2c(C)ccc3c2oc2nc(CC(C)C)ccc23)c1. The summed E-state index contributed by atoms with van der Waals surface area (Å²) >= 11 is 0. The second-order valence-electron chi connectivity index (χ2n) is 39.9. The first-order chi connectivity index (χ1) is 62.5. The first-order valence-corrected chi connectivity index (χ1v) is 46.4. The average Bonchev–Trinajstić information content (AvgIpc) is 1.63. The molecule has 1 fully saturated rings. The quantitative estimate of drug-likeness (QED) is 0.121. The van der Waals surface area contributed by atoms with Gasteiger partial charge in [-0.25, -0.2) is 47.8 Å². The Morgan fingerprint density at radius 1 is 0.313 bits per heavy atom. The van der Waals surface area contributed by atoms with E-state index in [9.17, 15) is 0 Å². The van der Waals surface area contributed by atoms with E-state index in [1.165, 1.54) is 98.3 Å². The van der Waals surface area contributed by atoms with E-state index in [1.54, 1.807) is 0 Å². The summed E-state index contributed by atoms with van der Waals surface area (Å²) < 4.78 is 42.4. The highest BCUT2D eigenvalue weighted by Crippen LogP contribution is 2.45. The third kappa shape index (κ3) is 18.0. The van der Waals surface area contributed by atoms with Gasteiger partial charge >= 0.3 is 0 Å². The van der Waals surface area contributed by atoms with Crippen molar-refractivity contribution in [2.45, 2.75) is 194 Å². The molecule has 21 rings (SSSR count). The van der Waals surface area contributed by atoms with Crippen molar-refractivity contribution in [3.8, 4) is 56.3 Å². The summed E-state index contributed by atoms with van der Waals surface area (Å²) in [6.07, 6.45) is 17.5. The Hall–Kier alpha value is -13.4. The number of aryl methyl sites for hydroxylation is 15. The molecular formula is C116H125N10O5+5. The Kier molecular flexibility index (Phi) is 24.5. The molecule has 664 valence electrons. The number of benzene rings is 5. The van der Waals surface area contributed by atoms with Gasteiger partial charge in [-0.15, -0.1) is 0 Å².